The first-order chi connectivity index (χ1) is 9.81. The van der Waals surface area contributed by atoms with Crippen LogP contribution in [0.2, 0.25) is 0 Å². The van der Waals surface area contributed by atoms with Crippen LogP contribution in [-0.4, -0.2) is 41.5 Å². The lowest BCUT2D eigenvalue weighted by Gasteiger charge is -2.21. The molecule has 1 amide bonds. The van der Waals surface area contributed by atoms with Gasteiger partial charge in [0.1, 0.15) is 0 Å². The van der Waals surface area contributed by atoms with Gasteiger partial charge in [-0.15, -0.1) is 0 Å². The van der Waals surface area contributed by atoms with Crippen molar-refractivity contribution in [2.24, 2.45) is 5.73 Å². The zero-order chi connectivity index (χ0) is 14.2. The molecule has 3 N–H and O–H groups in total. The number of thioether (sulfide) groups is 2. The molecule has 5 heteroatoms. The summed E-state index contributed by atoms with van der Waals surface area (Å²) in [6, 6.07) is 7.39. The van der Waals surface area contributed by atoms with Crippen molar-refractivity contribution in [1.29, 1.82) is 0 Å². The first kappa shape index (κ1) is 15.3. The molecule has 1 atom stereocenters. The van der Waals surface area contributed by atoms with Gasteiger partial charge in [0.2, 0.25) is 0 Å². The highest BCUT2D eigenvalue weighted by Crippen LogP contribution is 2.23. The molecule has 20 heavy (non-hydrogen) atoms. The van der Waals surface area contributed by atoms with Gasteiger partial charge in [-0.2, -0.15) is 23.5 Å². The highest BCUT2D eigenvalue weighted by molar-refractivity contribution is 8.06. The van der Waals surface area contributed by atoms with Crippen LogP contribution in [0.5, 0.6) is 0 Å². The number of hydrogen-bond donors (Lipinski definition) is 2. The van der Waals surface area contributed by atoms with E-state index in [9.17, 15) is 4.79 Å². The zero-order valence-electron chi connectivity index (χ0n) is 11.2. The predicted octanol–water partition coefficient (Wildman–Crippen LogP) is 1.58. The number of carbonyl (C=O) groups excluding carboxylic acids is 1. The molecule has 0 radical (unpaired) electrons. The number of nitrogens with two attached hydrogens (primary N) is 1. The summed E-state index contributed by atoms with van der Waals surface area (Å²) in [5.41, 5.74) is 6.74. The summed E-state index contributed by atoms with van der Waals surface area (Å²) in [5, 5.41) is 3.53. The molecule has 1 unspecified atom stereocenters. The average Bonchev–Trinajstić information content (AvgIpc) is 2.52. The molecule has 1 aliphatic heterocycles. The van der Waals surface area contributed by atoms with Crippen LogP contribution in [0.25, 0.3) is 0 Å². The van der Waals surface area contributed by atoms with E-state index in [2.05, 4.69) is 17.2 Å². The van der Waals surface area contributed by atoms with Crippen molar-refractivity contribution in [2.45, 2.75) is 5.25 Å². The molecular weight excluding hydrogens is 288 g/mol. The van der Waals surface area contributed by atoms with Crippen molar-refractivity contribution in [3.05, 3.63) is 35.4 Å². The molecule has 1 fully saturated rings. The van der Waals surface area contributed by atoms with E-state index in [-0.39, 0.29) is 5.91 Å². The fraction of sp³-hybridized carbons (Fsp3) is 0.400. The largest absolute Gasteiger partial charge is 0.351 e. The van der Waals surface area contributed by atoms with Gasteiger partial charge in [0.25, 0.3) is 5.91 Å². The molecule has 2 rings (SSSR count). The minimum atomic E-state index is -0.0527. The van der Waals surface area contributed by atoms with Gasteiger partial charge < -0.3 is 11.1 Å². The normalized spacial score (nSPS) is 17.9. The van der Waals surface area contributed by atoms with Crippen molar-refractivity contribution in [3.8, 4) is 11.8 Å². The van der Waals surface area contributed by atoms with Gasteiger partial charge in [-0.1, -0.05) is 24.0 Å². The Bertz CT molecular complexity index is 516. The Morgan fingerprint density at radius 2 is 2.25 bits per heavy atom. The van der Waals surface area contributed by atoms with Crippen molar-refractivity contribution < 1.29 is 4.79 Å². The molecule has 1 aromatic carbocycles. The van der Waals surface area contributed by atoms with Crippen LogP contribution in [0.4, 0.5) is 0 Å². The van der Waals surface area contributed by atoms with Gasteiger partial charge in [0.15, 0.2) is 0 Å². The zero-order valence-corrected chi connectivity index (χ0v) is 12.9. The summed E-state index contributed by atoms with van der Waals surface area (Å²) in [5.74, 6) is 9.19. The summed E-state index contributed by atoms with van der Waals surface area (Å²) in [6.45, 7) is 1.01. The van der Waals surface area contributed by atoms with Gasteiger partial charge in [-0.3, -0.25) is 4.79 Å². The van der Waals surface area contributed by atoms with Crippen molar-refractivity contribution >= 4 is 29.4 Å². The minimum absolute atomic E-state index is 0.0527. The van der Waals surface area contributed by atoms with Crippen LogP contribution >= 0.6 is 23.5 Å². The second-order valence-electron chi connectivity index (χ2n) is 4.33. The Labute approximate surface area is 128 Å². The van der Waals surface area contributed by atoms with Gasteiger partial charge >= 0.3 is 0 Å². The SMILES string of the molecule is NCC#Cc1ccccc1C(=O)NCC1CSCCS1. The average molecular weight is 306 g/mol. The third kappa shape index (κ3) is 4.48. The molecule has 0 saturated carbocycles. The fourth-order valence-electron chi connectivity index (χ4n) is 1.89. The summed E-state index contributed by atoms with van der Waals surface area (Å²) in [6.07, 6.45) is 0. The van der Waals surface area contributed by atoms with E-state index >= 15 is 0 Å². The number of amides is 1. The lowest BCUT2D eigenvalue weighted by atomic mass is 10.1. The molecular formula is C15H18N2OS2. The van der Waals surface area contributed by atoms with Crippen molar-refractivity contribution in [1.82, 2.24) is 5.32 Å². The predicted molar refractivity (Wildman–Crippen MR) is 88.3 cm³/mol. The summed E-state index contributed by atoms with van der Waals surface area (Å²) in [7, 11) is 0. The smallest absolute Gasteiger partial charge is 0.252 e. The summed E-state index contributed by atoms with van der Waals surface area (Å²) >= 11 is 3.89. The summed E-state index contributed by atoms with van der Waals surface area (Å²) < 4.78 is 0. The molecule has 0 bridgehead atoms. The molecule has 1 heterocycles. The first-order valence-electron chi connectivity index (χ1n) is 6.57. The van der Waals surface area contributed by atoms with Gasteiger partial charge in [-0.05, 0) is 12.1 Å². The monoisotopic (exact) mass is 306 g/mol. The second kappa shape index (κ2) is 8.25. The van der Waals surface area contributed by atoms with Crippen LogP contribution in [0, 0.1) is 11.8 Å². The molecule has 0 aromatic heterocycles. The third-order valence-corrected chi connectivity index (χ3v) is 5.72. The highest BCUT2D eigenvalue weighted by atomic mass is 32.2. The molecule has 106 valence electrons. The third-order valence-electron chi connectivity index (χ3n) is 2.87. The van der Waals surface area contributed by atoms with Gasteiger partial charge in [-0.25, -0.2) is 0 Å². The van der Waals surface area contributed by atoms with Crippen molar-refractivity contribution in [2.75, 3.05) is 30.3 Å². The van der Waals surface area contributed by atoms with Crippen LogP contribution < -0.4 is 11.1 Å². The molecule has 1 aliphatic rings. The number of hydrogen-bond acceptors (Lipinski definition) is 4. The van der Waals surface area contributed by atoms with Gasteiger partial charge in [0.05, 0.1) is 12.1 Å². The summed E-state index contributed by atoms with van der Waals surface area (Å²) in [4.78, 5) is 12.2. The molecule has 0 spiro atoms. The topological polar surface area (TPSA) is 55.1 Å². The Morgan fingerprint density at radius 3 is 3.00 bits per heavy atom. The maximum atomic E-state index is 12.2. The number of benzene rings is 1. The van der Waals surface area contributed by atoms with E-state index in [4.69, 9.17) is 5.73 Å². The fourth-order valence-corrected chi connectivity index (χ4v) is 4.50. The minimum Gasteiger partial charge on any atom is -0.351 e. The Kier molecular flexibility index (Phi) is 6.31. The standard InChI is InChI=1S/C15H18N2OS2/c16-7-3-5-12-4-1-2-6-14(12)15(18)17-10-13-11-19-8-9-20-13/h1-2,4,6,13H,7-11,16H2,(H,17,18). The second-order valence-corrected chi connectivity index (χ2v) is 6.89. The van der Waals surface area contributed by atoms with E-state index in [1.54, 1.807) is 6.07 Å². The van der Waals surface area contributed by atoms with Crippen molar-refractivity contribution in [3.63, 3.8) is 0 Å². The van der Waals surface area contributed by atoms with Crippen LogP contribution in [0.15, 0.2) is 24.3 Å². The maximum absolute atomic E-state index is 12.2. The number of carbonyl (C=O) groups is 1. The molecule has 3 nitrogen and oxygen atoms in total. The number of nitrogens with one attached hydrogen (secondary N) is 1. The lowest BCUT2D eigenvalue weighted by Crippen LogP contribution is -2.33. The van der Waals surface area contributed by atoms with Crippen LogP contribution in [-0.2, 0) is 0 Å². The molecule has 1 aromatic rings. The van der Waals surface area contributed by atoms with E-state index in [0.29, 0.717) is 17.4 Å². The number of rotatable bonds is 3. The highest BCUT2D eigenvalue weighted by Gasteiger charge is 2.16. The van der Waals surface area contributed by atoms with Crippen LogP contribution in [0.1, 0.15) is 15.9 Å². The van der Waals surface area contributed by atoms with E-state index in [0.717, 1.165) is 17.9 Å². The molecule has 1 saturated heterocycles. The van der Waals surface area contributed by atoms with Crippen LogP contribution in [0.3, 0.4) is 0 Å². The Morgan fingerprint density at radius 1 is 1.40 bits per heavy atom. The first-order valence-corrected chi connectivity index (χ1v) is 8.77. The Balaban J connectivity index is 1.97. The van der Waals surface area contributed by atoms with E-state index in [1.807, 2.05) is 41.7 Å². The maximum Gasteiger partial charge on any atom is 0.252 e. The van der Waals surface area contributed by atoms with E-state index < -0.39 is 0 Å². The Hall–Kier alpha value is -1.09. The molecule has 0 aliphatic carbocycles. The van der Waals surface area contributed by atoms with Gasteiger partial charge in [0, 0.05) is 34.6 Å². The van der Waals surface area contributed by atoms with E-state index in [1.165, 1.54) is 11.5 Å². The quantitative estimate of drug-likeness (QED) is 0.833. The lowest BCUT2D eigenvalue weighted by molar-refractivity contribution is 0.0954.